The van der Waals surface area contributed by atoms with Crippen molar-refractivity contribution in [1.82, 2.24) is 4.90 Å². The van der Waals surface area contributed by atoms with Crippen LogP contribution in [-0.4, -0.2) is 42.2 Å². The summed E-state index contributed by atoms with van der Waals surface area (Å²) >= 11 is 5.95. The highest BCUT2D eigenvalue weighted by atomic mass is 35.5. The third kappa shape index (κ3) is 4.70. The lowest BCUT2D eigenvalue weighted by Crippen LogP contribution is -2.41. The molecule has 0 aliphatic carbocycles. The molecule has 4 nitrogen and oxygen atoms in total. The predicted molar refractivity (Wildman–Crippen MR) is 82.2 cm³/mol. The normalized spacial score (nSPS) is 21.0. The molecule has 1 aliphatic heterocycles. The van der Waals surface area contributed by atoms with Crippen molar-refractivity contribution < 1.29 is 14.6 Å². The first kappa shape index (κ1) is 16.3. The minimum absolute atomic E-state index is 0.0785. The van der Waals surface area contributed by atoms with E-state index in [2.05, 4.69) is 4.90 Å². The number of rotatable bonds is 5. The first-order valence-corrected chi connectivity index (χ1v) is 7.80. The van der Waals surface area contributed by atoms with E-state index in [0.29, 0.717) is 24.7 Å². The first-order valence-electron chi connectivity index (χ1n) is 7.42. The van der Waals surface area contributed by atoms with Gasteiger partial charge in [0.15, 0.2) is 0 Å². The van der Waals surface area contributed by atoms with E-state index >= 15 is 0 Å². The zero-order valence-electron chi connectivity index (χ0n) is 12.3. The van der Waals surface area contributed by atoms with Crippen molar-refractivity contribution in [3.05, 3.63) is 34.9 Å². The van der Waals surface area contributed by atoms with Crippen LogP contribution in [0.25, 0.3) is 0 Å². The van der Waals surface area contributed by atoms with Gasteiger partial charge in [0, 0.05) is 18.1 Å². The summed E-state index contributed by atoms with van der Waals surface area (Å²) in [5.41, 5.74) is 0.806. The molecule has 116 valence electrons. The number of β-amino-alcohol motifs (C(OH)–C–C–N with tert-alkyl or cyclic N) is 1. The molecule has 21 heavy (non-hydrogen) atoms. The Hall–Kier alpha value is -1.10. The van der Waals surface area contributed by atoms with Gasteiger partial charge in [-0.1, -0.05) is 23.7 Å². The average Bonchev–Trinajstić information content (AvgIpc) is 2.48. The van der Waals surface area contributed by atoms with Crippen LogP contribution >= 0.6 is 11.6 Å². The van der Waals surface area contributed by atoms with Crippen molar-refractivity contribution in [2.45, 2.75) is 25.9 Å². The Bertz CT molecular complexity index is 480. The fourth-order valence-corrected chi connectivity index (χ4v) is 2.94. The summed E-state index contributed by atoms with van der Waals surface area (Å²) in [7, 11) is 0. The lowest BCUT2D eigenvalue weighted by Gasteiger charge is -2.32. The molecule has 2 rings (SSSR count). The second kappa shape index (κ2) is 7.78. The molecule has 5 heteroatoms. The van der Waals surface area contributed by atoms with Gasteiger partial charge in [-0.15, -0.1) is 0 Å². The van der Waals surface area contributed by atoms with Crippen molar-refractivity contribution >= 4 is 17.6 Å². The molecule has 0 aromatic heterocycles. The number of hydrogen-bond donors (Lipinski definition) is 1. The van der Waals surface area contributed by atoms with Crippen LogP contribution in [-0.2, 0) is 9.53 Å². The molecule has 1 fully saturated rings. The summed E-state index contributed by atoms with van der Waals surface area (Å²) in [6.07, 6.45) is 1.22. The zero-order valence-corrected chi connectivity index (χ0v) is 13.1. The Morgan fingerprint density at radius 3 is 3.10 bits per heavy atom. The van der Waals surface area contributed by atoms with E-state index < -0.39 is 6.10 Å². The molecule has 1 heterocycles. The zero-order chi connectivity index (χ0) is 15.2. The maximum absolute atomic E-state index is 11.8. The SMILES string of the molecule is CCOC(=O)C1CCCN(CC(O)c2cccc(Cl)c2)C1. The number of ether oxygens (including phenoxy) is 1. The molecule has 1 N–H and O–H groups in total. The van der Waals surface area contributed by atoms with Crippen molar-refractivity contribution in [3.8, 4) is 0 Å². The van der Waals surface area contributed by atoms with Gasteiger partial charge in [0.2, 0.25) is 0 Å². The van der Waals surface area contributed by atoms with E-state index in [1.165, 1.54) is 0 Å². The molecule has 0 bridgehead atoms. The minimum atomic E-state index is -0.593. The number of carbonyl (C=O) groups excluding carboxylic acids is 1. The molecule has 0 amide bonds. The van der Waals surface area contributed by atoms with Gasteiger partial charge in [-0.2, -0.15) is 0 Å². The maximum Gasteiger partial charge on any atom is 0.310 e. The number of piperidine rings is 1. The summed E-state index contributed by atoms with van der Waals surface area (Å²) in [6, 6.07) is 7.26. The van der Waals surface area contributed by atoms with Gasteiger partial charge in [-0.25, -0.2) is 0 Å². The van der Waals surface area contributed by atoms with E-state index in [0.717, 1.165) is 24.9 Å². The number of likely N-dealkylation sites (tertiary alicyclic amines) is 1. The standard InChI is InChI=1S/C16H22ClNO3/c1-2-21-16(20)13-6-4-8-18(10-13)11-15(19)12-5-3-7-14(17)9-12/h3,5,7,9,13,15,19H,2,4,6,8,10-11H2,1H3. The monoisotopic (exact) mass is 311 g/mol. The molecule has 1 aliphatic rings. The van der Waals surface area contributed by atoms with Crippen LogP contribution in [0.3, 0.4) is 0 Å². The van der Waals surface area contributed by atoms with Crippen molar-refractivity contribution in [3.63, 3.8) is 0 Å². The fraction of sp³-hybridized carbons (Fsp3) is 0.562. The van der Waals surface area contributed by atoms with Crippen LogP contribution in [0.4, 0.5) is 0 Å². The van der Waals surface area contributed by atoms with Crippen molar-refractivity contribution in [1.29, 1.82) is 0 Å². The second-order valence-corrected chi connectivity index (χ2v) is 5.86. The molecular weight excluding hydrogens is 290 g/mol. The summed E-state index contributed by atoms with van der Waals surface area (Å²) in [5.74, 6) is -0.204. The largest absolute Gasteiger partial charge is 0.466 e. The number of halogens is 1. The van der Waals surface area contributed by atoms with Gasteiger partial charge < -0.3 is 9.84 Å². The Morgan fingerprint density at radius 2 is 2.38 bits per heavy atom. The second-order valence-electron chi connectivity index (χ2n) is 5.42. The third-order valence-electron chi connectivity index (χ3n) is 3.79. The van der Waals surface area contributed by atoms with Gasteiger partial charge in [0.1, 0.15) is 0 Å². The lowest BCUT2D eigenvalue weighted by atomic mass is 9.97. The molecular formula is C16H22ClNO3. The van der Waals surface area contributed by atoms with Crippen LogP contribution in [0.5, 0.6) is 0 Å². The average molecular weight is 312 g/mol. The molecule has 0 saturated carbocycles. The Balaban J connectivity index is 1.91. The summed E-state index contributed by atoms with van der Waals surface area (Å²) < 4.78 is 5.09. The molecule has 0 spiro atoms. The van der Waals surface area contributed by atoms with E-state index in [-0.39, 0.29) is 11.9 Å². The lowest BCUT2D eigenvalue weighted by molar-refractivity contribution is -0.150. The summed E-state index contributed by atoms with van der Waals surface area (Å²) in [4.78, 5) is 13.9. The van der Waals surface area contributed by atoms with Crippen LogP contribution in [0.1, 0.15) is 31.4 Å². The summed E-state index contributed by atoms with van der Waals surface area (Å²) in [6.45, 7) is 4.29. The number of esters is 1. The van der Waals surface area contributed by atoms with Crippen LogP contribution in [0.2, 0.25) is 5.02 Å². The Morgan fingerprint density at radius 1 is 1.57 bits per heavy atom. The highest BCUT2D eigenvalue weighted by Gasteiger charge is 2.27. The highest BCUT2D eigenvalue weighted by molar-refractivity contribution is 6.30. The first-order chi connectivity index (χ1) is 10.1. The molecule has 1 aromatic rings. The van der Waals surface area contributed by atoms with E-state index in [1.807, 2.05) is 19.1 Å². The van der Waals surface area contributed by atoms with E-state index in [4.69, 9.17) is 16.3 Å². The van der Waals surface area contributed by atoms with Crippen molar-refractivity contribution in [2.24, 2.45) is 5.92 Å². The molecule has 0 radical (unpaired) electrons. The predicted octanol–water partition coefficient (Wildman–Crippen LogP) is 2.65. The quantitative estimate of drug-likeness (QED) is 0.849. The van der Waals surface area contributed by atoms with Crippen LogP contribution in [0, 0.1) is 5.92 Å². The van der Waals surface area contributed by atoms with E-state index in [1.54, 1.807) is 12.1 Å². The number of nitrogens with zero attached hydrogens (tertiary/aromatic N) is 1. The van der Waals surface area contributed by atoms with Crippen LogP contribution in [0.15, 0.2) is 24.3 Å². The number of aliphatic hydroxyl groups is 1. The molecule has 1 aromatic carbocycles. The minimum Gasteiger partial charge on any atom is -0.466 e. The number of benzene rings is 1. The van der Waals surface area contributed by atoms with Gasteiger partial charge in [-0.05, 0) is 44.0 Å². The maximum atomic E-state index is 11.8. The molecule has 2 unspecified atom stereocenters. The summed E-state index contributed by atoms with van der Waals surface area (Å²) in [5, 5.41) is 10.9. The van der Waals surface area contributed by atoms with E-state index in [9.17, 15) is 9.90 Å². The number of hydrogen-bond acceptors (Lipinski definition) is 4. The fourth-order valence-electron chi connectivity index (χ4n) is 2.74. The van der Waals surface area contributed by atoms with Gasteiger partial charge >= 0.3 is 5.97 Å². The van der Waals surface area contributed by atoms with Crippen LogP contribution < -0.4 is 0 Å². The van der Waals surface area contributed by atoms with Gasteiger partial charge in [0.25, 0.3) is 0 Å². The smallest absolute Gasteiger partial charge is 0.310 e. The Kier molecular flexibility index (Phi) is 6.03. The van der Waals surface area contributed by atoms with Gasteiger partial charge in [-0.3, -0.25) is 9.69 Å². The molecule has 1 saturated heterocycles. The van der Waals surface area contributed by atoms with Crippen molar-refractivity contribution in [2.75, 3.05) is 26.2 Å². The Labute approximate surface area is 130 Å². The number of carbonyl (C=O) groups is 1. The van der Waals surface area contributed by atoms with Gasteiger partial charge in [0.05, 0.1) is 18.6 Å². The number of aliphatic hydroxyl groups excluding tert-OH is 1. The topological polar surface area (TPSA) is 49.8 Å². The molecule has 2 atom stereocenters. The highest BCUT2D eigenvalue weighted by Crippen LogP contribution is 2.23. The third-order valence-corrected chi connectivity index (χ3v) is 4.03.